The maximum atomic E-state index is 6.06. The van der Waals surface area contributed by atoms with Gasteiger partial charge in [0.25, 0.3) is 0 Å². The van der Waals surface area contributed by atoms with Gasteiger partial charge in [0.15, 0.2) is 0 Å². The molecule has 0 aromatic heterocycles. The van der Waals surface area contributed by atoms with Crippen LogP contribution in [-0.4, -0.2) is 30.1 Å². The van der Waals surface area contributed by atoms with Crippen LogP contribution in [0.1, 0.15) is 71.1 Å². The monoisotopic (exact) mass is 264 g/mol. The van der Waals surface area contributed by atoms with Crippen molar-refractivity contribution in [2.24, 2.45) is 17.1 Å². The standard InChI is InChI=1S/C17H32N2/c1-14-5-4-12-19(16(14)13-18)15-6-10-17(11-7-15)8-2-3-9-17/h14-16H,2-13,18H2,1H3. The van der Waals surface area contributed by atoms with Gasteiger partial charge in [-0.3, -0.25) is 4.90 Å². The van der Waals surface area contributed by atoms with E-state index < -0.39 is 0 Å². The van der Waals surface area contributed by atoms with Crippen LogP contribution in [0.25, 0.3) is 0 Å². The Bertz CT molecular complexity index is 286. The molecule has 3 aliphatic rings. The first-order chi connectivity index (χ1) is 9.24. The molecule has 1 saturated heterocycles. The lowest BCUT2D eigenvalue weighted by Gasteiger charge is -2.48. The Morgan fingerprint density at radius 2 is 1.68 bits per heavy atom. The lowest BCUT2D eigenvalue weighted by Crippen LogP contribution is -2.54. The summed E-state index contributed by atoms with van der Waals surface area (Å²) in [5.74, 6) is 0.807. The molecule has 3 rings (SSSR count). The summed E-state index contributed by atoms with van der Waals surface area (Å²) in [6.45, 7) is 4.58. The fraction of sp³-hybridized carbons (Fsp3) is 1.00. The van der Waals surface area contributed by atoms with Crippen LogP contribution in [0.4, 0.5) is 0 Å². The van der Waals surface area contributed by atoms with Crippen LogP contribution in [0, 0.1) is 11.3 Å². The number of nitrogens with two attached hydrogens (primary N) is 1. The molecule has 2 saturated carbocycles. The molecule has 0 aromatic carbocycles. The van der Waals surface area contributed by atoms with E-state index >= 15 is 0 Å². The molecule has 2 aliphatic carbocycles. The second-order valence-corrected chi connectivity index (χ2v) is 7.60. The number of likely N-dealkylation sites (tertiary alicyclic amines) is 1. The Hall–Kier alpha value is -0.0800. The molecule has 2 N–H and O–H groups in total. The predicted molar refractivity (Wildman–Crippen MR) is 81.1 cm³/mol. The molecule has 3 fully saturated rings. The Morgan fingerprint density at radius 3 is 2.32 bits per heavy atom. The third kappa shape index (κ3) is 2.71. The van der Waals surface area contributed by atoms with Gasteiger partial charge in [-0.1, -0.05) is 19.8 Å². The molecule has 1 heterocycles. The molecule has 2 unspecified atom stereocenters. The van der Waals surface area contributed by atoms with Crippen LogP contribution in [0.3, 0.4) is 0 Å². The molecule has 2 nitrogen and oxygen atoms in total. The van der Waals surface area contributed by atoms with E-state index in [1.807, 2.05) is 0 Å². The van der Waals surface area contributed by atoms with Gasteiger partial charge in [0, 0.05) is 18.6 Å². The summed E-state index contributed by atoms with van der Waals surface area (Å²) in [4.78, 5) is 2.80. The first kappa shape index (κ1) is 13.9. The van der Waals surface area contributed by atoms with Gasteiger partial charge in [0.2, 0.25) is 0 Å². The van der Waals surface area contributed by atoms with Crippen LogP contribution in [0.15, 0.2) is 0 Å². The Kier molecular flexibility index (Phi) is 4.19. The predicted octanol–water partition coefficient (Wildman–Crippen LogP) is 3.55. The second-order valence-electron chi connectivity index (χ2n) is 7.60. The van der Waals surface area contributed by atoms with Crippen LogP contribution in [-0.2, 0) is 0 Å². The molecule has 0 radical (unpaired) electrons. The van der Waals surface area contributed by atoms with E-state index in [9.17, 15) is 0 Å². The van der Waals surface area contributed by atoms with Crippen molar-refractivity contribution in [3.05, 3.63) is 0 Å². The molecule has 1 spiro atoms. The summed E-state index contributed by atoms with van der Waals surface area (Å²) in [6, 6.07) is 1.51. The summed E-state index contributed by atoms with van der Waals surface area (Å²) >= 11 is 0. The topological polar surface area (TPSA) is 29.3 Å². The van der Waals surface area contributed by atoms with Crippen molar-refractivity contribution in [2.45, 2.75) is 83.2 Å². The largest absolute Gasteiger partial charge is 0.329 e. The molecule has 110 valence electrons. The number of piperidine rings is 1. The van der Waals surface area contributed by atoms with Crippen molar-refractivity contribution in [2.75, 3.05) is 13.1 Å². The van der Waals surface area contributed by atoms with E-state index in [1.54, 1.807) is 0 Å². The van der Waals surface area contributed by atoms with Crippen LogP contribution in [0.5, 0.6) is 0 Å². The number of hydrogen-bond donors (Lipinski definition) is 1. The molecule has 0 bridgehead atoms. The van der Waals surface area contributed by atoms with Crippen LogP contribution < -0.4 is 5.73 Å². The smallest absolute Gasteiger partial charge is 0.0246 e. The Morgan fingerprint density at radius 1 is 1.00 bits per heavy atom. The zero-order valence-electron chi connectivity index (χ0n) is 12.7. The molecule has 0 amide bonds. The number of rotatable bonds is 2. The van der Waals surface area contributed by atoms with Gasteiger partial charge in [-0.05, 0) is 69.2 Å². The average molecular weight is 264 g/mol. The second kappa shape index (κ2) is 5.73. The lowest BCUT2D eigenvalue weighted by molar-refractivity contribution is 0.0209. The van der Waals surface area contributed by atoms with Crippen molar-refractivity contribution < 1.29 is 0 Å². The van der Waals surface area contributed by atoms with Gasteiger partial charge in [-0.15, -0.1) is 0 Å². The normalized spacial score (nSPS) is 36.9. The molecule has 19 heavy (non-hydrogen) atoms. The molecule has 2 heteroatoms. The molecule has 1 aliphatic heterocycles. The fourth-order valence-corrected chi connectivity index (χ4v) is 5.27. The minimum atomic E-state index is 0.663. The number of nitrogens with zero attached hydrogens (tertiary/aromatic N) is 1. The van der Waals surface area contributed by atoms with E-state index in [0.29, 0.717) is 6.04 Å². The number of hydrogen-bond acceptors (Lipinski definition) is 2. The maximum absolute atomic E-state index is 6.06. The van der Waals surface area contributed by atoms with E-state index in [1.165, 1.54) is 70.8 Å². The zero-order valence-corrected chi connectivity index (χ0v) is 12.7. The third-order valence-electron chi connectivity index (χ3n) is 6.55. The van der Waals surface area contributed by atoms with Crippen molar-refractivity contribution in [1.82, 2.24) is 4.90 Å². The highest BCUT2D eigenvalue weighted by molar-refractivity contribution is 4.95. The van der Waals surface area contributed by atoms with Crippen molar-refractivity contribution in [3.8, 4) is 0 Å². The highest BCUT2D eigenvalue weighted by Gasteiger charge is 2.41. The van der Waals surface area contributed by atoms with E-state index in [0.717, 1.165) is 23.9 Å². The Labute approximate surface area is 119 Å². The average Bonchev–Trinajstić information content (AvgIpc) is 2.88. The molecule has 2 atom stereocenters. The Balaban J connectivity index is 1.60. The van der Waals surface area contributed by atoms with Crippen molar-refractivity contribution >= 4 is 0 Å². The summed E-state index contributed by atoms with van der Waals surface area (Å²) < 4.78 is 0. The van der Waals surface area contributed by atoms with E-state index in [2.05, 4.69) is 11.8 Å². The maximum Gasteiger partial charge on any atom is 0.0246 e. The summed E-state index contributed by atoms with van der Waals surface area (Å²) in [7, 11) is 0. The quantitative estimate of drug-likeness (QED) is 0.826. The van der Waals surface area contributed by atoms with Crippen molar-refractivity contribution in [1.29, 1.82) is 0 Å². The van der Waals surface area contributed by atoms with E-state index in [4.69, 9.17) is 5.73 Å². The van der Waals surface area contributed by atoms with Gasteiger partial charge in [0.1, 0.15) is 0 Å². The summed E-state index contributed by atoms with van der Waals surface area (Å²) in [5, 5.41) is 0. The van der Waals surface area contributed by atoms with E-state index in [-0.39, 0.29) is 0 Å². The van der Waals surface area contributed by atoms with Gasteiger partial charge in [-0.25, -0.2) is 0 Å². The van der Waals surface area contributed by atoms with Gasteiger partial charge < -0.3 is 5.73 Å². The minimum Gasteiger partial charge on any atom is -0.329 e. The minimum absolute atomic E-state index is 0.663. The first-order valence-electron chi connectivity index (χ1n) is 8.70. The highest BCUT2D eigenvalue weighted by Crippen LogP contribution is 2.50. The molecular formula is C17H32N2. The zero-order chi connectivity index (χ0) is 13.3. The summed E-state index contributed by atoms with van der Waals surface area (Å²) in [6.07, 6.45) is 14.7. The first-order valence-corrected chi connectivity index (χ1v) is 8.70. The summed E-state index contributed by atoms with van der Waals surface area (Å²) in [5.41, 5.74) is 6.84. The third-order valence-corrected chi connectivity index (χ3v) is 6.55. The lowest BCUT2D eigenvalue weighted by atomic mass is 9.70. The van der Waals surface area contributed by atoms with Crippen molar-refractivity contribution in [3.63, 3.8) is 0 Å². The van der Waals surface area contributed by atoms with Crippen LogP contribution in [0.2, 0.25) is 0 Å². The van der Waals surface area contributed by atoms with Gasteiger partial charge >= 0.3 is 0 Å². The highest BCUT2D eigenvalue weighted by atomic mass is 15.2. The SMILES string of the molecule is CC1CCCN(C2CCC3(CCCC3)CC2)C1CN. The molecule has 0 aromatic rings. The molecular weight excluding hydrogens is 232 g/mol. The fourth-order valence-electron chi connectivity index (χ4n) is 5.27. The van der Waals surface area contributed by atoms with Gasteiger partial charge in [-0.2, -0.15) is 0 Å². The van der Waals surface area contributed by atoms with Crippen LogP contribution >= 0.6 is 0 Å². The van der Waals surface area contributed by atoms with Gasteiger partial charge in [0.05, 0.1) is 0 Å².